The minimum atomic E-state index is -0.252. The molecule has 3 rings (SSSR count). The van der Waals surface area contributed by atoms with Gasteiger partial charge in [-0.15, -0.1) is 0 Å². The van der Waals surface area contributed by atoms with Crippen LogP contribution in [0.25, 0.3) is 11.3 Å². The van der Waals surface area contributed by atoms with Crippen LogP contribution in [0.2, 0.25) is 0 Å². The molecule has 0 saturated carbocycles. The molecule has 0 saturated heterocycles. The van der Waals surface area contributed by atoms with Gasteiger partial charge in [0.05, 0.1) is 20.8 Å². The molecule has 0 fully saturated rings. The van der Waals surface area contributed by atoms with Gasteiger partial charge in [-0.2, -0.15) is 0 Å². The number of methoxy groups -OCH3 is 2. The summed E-state index contributed by atoms with van der Waals surface area (Å²) in [4.78, 5) is 0. The predicted octanol–water partition coefficient (Wildman–Crippen LogP) is 1.44. The fourth-order valence-corrected chi connectivity index (χ4v) is 2.72. The van der Waals surface area contributed by atoms with Crippen LogP contribution in [-0.2, 0) is 13.0 Å². The van der Waals surface area contributed by atoms with Gasteiger partial charge in [0.15, 0.2) is 11.5 Å². The van der Waals surface area contributed by atoms with Gasteiger partial charge in [-0.1, -0.05) is 6.07 Å². The Morgan fingerprint density at radius 1 is 0.926 bits per heavy atom. The third-order valence-electron chi connectivity index (χ3n) is 4.13. The number of benzene rings is 2. The van der Waals surface area contributed by atoms with Gasteiger partial charge in [-0.05, 0) is 67.1 Å². The van der Waals surface area contributed by atoms with E-state index in [-0.39, 0.29) is 18.2 Å². The van der Waals surface area contributed by atoms with Crippen molar-refractivity contribution in [3.05, 3.63) is 71.7 Å². The zero-order valence-corrected chi connectivity index (χ0v) is 16.1. The number of hydrogen-bond donors (Lipinski definition) is 1. The first-order valence-corrected chi connectivity index (χ1v) is 8.46. The third-order valence-corrected chi connectivity index (χ3v) is 4.13. The Hall–Kier alpha value is -2.50. The maximum absolute atomic E-state index is 13.0. The second-order valence-electron chi connectivity index (χ2n) is 5.89. The van der Waals surface area contributed by atoms with Crippen molar-refractivity contribution in [2.45, 2.75) is 13.0 Å². The first kappa shape index (κ1) is 20.8. The van der Waals surface area contributed by atoms with E-state index in [9.17, 15) is 4.39 Å². The van der Waals surface area contributed by atoms with Gasteiger partial charge in [0, 0.05) is 5.56 Å². The molecule has 0 amide bonds. The molecule has 2 aromatic carbocycles. The zero-order valence-electron chi connectivity index (χ0n) is 15.3. The Morgan fingerprint density at radius 2 is 1.67 bits per heavy atom. The van der Waals surface area contributed by atoms with Crippen molar-refractivity contribution in [2.24, 2.45) is 0 Å². The van der Waals surface area contributed by atoms with E-state index in [0.29, 0.717) is 6.54 Å². The topological polar surface area (TPSA) is 43.6 Å². The minimum absolute atomic E-state index is 0. The molecule has 3 aromatic rings. The highest BCUT2D eigenvalue weighted by molar-refractivity contribution is 5.57. The Bertz CT molecular complexity index is 849. The molecule has 1 N–H and O–H groups in total. The summed E-state index contributed by atoms with van der Waals surface area (Å²) in [5.41, 5.74) is 2.03. The van der Waals surface area contributed by atoms with E-state index in [1.54, 1.807) is 26.4 Å². The van der Waals surface area contributed by atoms with Crippen molar-refractivity contribution in [2.75, 3.05) is 20.8 Å². The molecule has 0 radical (unpaired) electrons. The van der Waals surface area contributed by atoms with E-state index in [1.165, 1.54) is 17.7 Å². The zero-order chi connectivity index (χ0) is 18.4. The van der Waals surface area contributed by atoms with Crippen LogP contribution in [0.3, 0.4) is 0 Å². The van der Waals surface area contributed by atoms with E-state index >= 15 is 0 Å². The summed E-state index contributed by atoms with van der Waals surface area (Å²) in [6.45, 7) is 1.44. The summed E-state index contributed by atoms with van der Waals surface area (Å²) in [6.07, 6.45) is 0.867. The molecule has 0 aliphatic heterocycles. The maximum atomic E-state index is 13.0. The standard InChI is InChI=1S/C21H22FNO3.ClH/c1-24-20-9-3-15(13-21(20)25-2)11-12-23-14-18-8-10-19(26-18)16-4-6-17(22)7-5-16;/h3-10,13,23H,11-12,14H2,1-2H3;1H/p-1. The Morgan fingerprint density at radius 3 is 2.37 bits per heavy atom. The minimum Gasteiger partial charge on any atom is -1.00 e. The molecule has 6 heteroatoms. The van der Waals surface area contributed by atoms with Crippen LogP contribution in [0.5, 0.6) is 11.5 Å². The highest BCUT2D eigenvalue weighted by atomic mass is 35.5. The van der Waals surface area contributed by atoms with Gasteiger partial charge in [-0.25, -0.2) is 4.39 Å². The first-order chi connectivity index (χ1) is 12.7. The van der Waals surface area contributed by atoms with Crippen LogP contribution in [0.15, 0.2) is 59.0 Å². The summed E-state index contributed by atoms with van der Waals surface area (Å²) in [5.74, 6) is 2.80. The van der Waals surface area contributed by atoms with E-state index in [0.717, 1.165) is 41.5 Å². The van der Waals surface area contributed by atoms with E-state index in [2.05, 4.69) is 5.32 Å². The molecule has 144 valence electrons. The van der Waals surface area contributed by atoms with Gasteiger partial charge in [0.1, 0.15) is 17.3 Å². The largest absolute Gasteiger partial charge is 1.00 e. The summed E-state index contributed by atoms with van der Waals surface area (Å²) in [7, 11) is 3.26. The van der Waals surface area contributed by atoms with Crippen LogP contribution in [0.4, 0.5) is 4.39 Å². The van der Waals surface area contributed by atoms with Crippen molar-refractivity contribution in [3.8, 4) is 22.8 Å². The van der Waals surface area contributed by atoms with Crippen LogP contribution in [0, 0.1) is 5.82 Å². The maximum Gasteiger partial charge on any atom is 0.160 e. The molecule has 0 bridgehead atoms. The van der Waals surface area contributed by atoms with E-state index in [1.807, 2.05) is 30.3 Å². The quantitative estimate of drug-likeness (QED) is 0.591. The number of ether oxygens (including phenoxy) is 2. The lowest BCUT2D eigenvalue weighted by Gasteiger charge is -2.09. The van der Waals surface area contributed by atoms with E-state index < -0.39 is 0 Å². The number of hydrogen-bond acceptors (Lipinski definition) is 4. The normalized spacial score (nSPS) is 10.3. The molecule has 0 aliphatic rings. The SMILES string of the molecule is COc1ccc(CCNCc2ccc(-c3ccc(F)cc3)o2)cc1OC.[Cl-]. The first-order valence-electron chi connectivity index (χ1n) is 8.46. The van der Waals surface area contributed by atoms with Crippen molar-refractivity contribution in [3.63, 3.8) is 0 Å². The molecular formula is C21H22ClFNO3-. The summed E-state index contributed by atoms with van der Waals surface area (Å²) in [5, 5.41) is 3.36. The second kappa shape index (κ2) is 10.00. The molecule has 1 heterocycles. The van der Waals surface area contributed by atoms with Crippen molar-refractivity contribution >= 4 is 0 Å². The van der Waals surface area contributed by atoms with Crippen LogP contribution < -0.4 is 27.2 Å². The fraction of sp³-hybridized carbons (Fsp3) is 0.238. The number of rotatable bonds is 8. The second-order valence-corrected chi connectivity index (χ2v) is 5.89. The third kappa shape index (κ3) is 5.49. The van der Waals surface area contributed by atoms with Crippen molar-refractivity contribution < 1.29 is 30.7 Å². The highest BCUT2D eigenvalue weighted by Crippen LogP contribution is 2.27. The molecule has 0 unspecified atom stereocenters. The van der Waals surface area contributed by atoms with Gasteiger partial charge >= 0.3 is 0 Å². The number of halogens is 2. The van der Waals surface area contributed by atoms with Gasteiger partial charge in [-0.3, -0.25) is 0 Å². The lowest BCUT2D eigenvalue weighted by Crippen LogP contribution is -3.00. The number of nitrogens with one attached hydrogen (secondary N) is 1. The van der Waals surface area contributed by atoms with Crippen LogP contribution >= 0.6 is 0 Å². The van der Waals surface area contributed by atoms with Crippen molar-refractivity contribution in [1.82, 2.24) is 5.32 Å². The molecule has 27 heavy (non-hydrogen) atoms. The number of furan rings is 1. The highest BCUT2D eigenvalue weighted by Gasteiger charge is 2.06. The molecule has 4 nitrogen and oxygen atoms in total. The van der Waals surface area contributed by atoms with Gasteiger partial charge in [0.25, 0.3) is 0 Å². The monoisotopic (exact) mass is 390 g/mol. The van der Waals surface area contributed by atoms with Gasteiger partial charge in [0.2, 0.25) is 0 Å². The average Bonchev–Trinajstić information content (AvgIpc) is 3.14. The van der Waals surface area contributed by atoms with Crippen LogP contribution in [-0.4, -0.2) is 20.8 Å². The predicted molar refractivity (Wildman–Crippen MR) is 99.1 cm³/mol. The average molecular weight is 391 g/mol. The Kier molecular flexibility index (Phi) is 7.70. The van der Waals surface area contributed by atoms with Crippen molar-refractivity contribution in [1.29, 1.82) is 0 Å². The van der Waals surface area contributed by atoms with Crippen LogP contribution in [0.1, 0.15) is 11.3 Å². The molecule has 0 atom stereocenters. The lowest BCUT2D eigenvalue weighted by atomic mass is 10.1. The smallest absolute Gasteiger partial charge is 0.160 e. The summed E-state index contributed by atoms with van der Waals surface area (Å²) < 4.78 is 29.4. The molecule has 0 aliphatic carbocycles. The molecule has 1 aromatic heterocycles. The molecular weight excluding hydrogens is 369 g/mol. The van der Waals surface area contributed by atoms with Gasteiger partial charge < -0.3 is 31.6 Å². The van der Waals surface area contributed by atoms with E-state index in [4.69, 9.17) is 13.9 Å². The Balaban J connectivity index is 0.00000261. The fourth-order valence-electron chi connectivity index (χ4n) is 2.72. The summed E-state index contributed by atoms with van der Waals surface area (Å²) in [6, 6.07) is 16.0. The Labute approximate surface area is 164 Å². The molecule has 0 spiro atoms. The lowest BCUT2D eigenvalue weighted by molar-refractivity contribution is -0.00000698. The summed E-state index contributed by atoms with van der Waals surface area (Å²) >= 11 is 0.